The lowest BCUT2D eigenvalue weighted by atomic mass is 10.1. The van der Waals surface area contributed by atoms with Gasteiger partial charge in [-0.1, -0.05) is 29.4 Å². The molecule has 1 amide bonds. The molecule has 1 fully saturated rings. The number of nitrogens with one attached hydrogen (secondary N) is 2. The summed E-state index contributed by atoms with van der Waals surface area (Å²) in [7, 11) is 2.16. The number of carbonyl (C=O) groups excluding carboxylic acids is 1. The van der Waals surface area contributed by atoms with Gasteiger partial charge in [0.05, 0.1) is 0 Å². The van der Waals surface area contributed by atoms with Gasteiger partial charge in [-0.25, -0.2) is 0 Å². The normalized spacial score (nSPS) is 14.4. The molecule has 1 aliphatic rings. The summed E-state index contributed by atoms with van der Waals surface area (Å²) in [5.41, 5.74) is 11.7. The lowest BCUT2D eigenvalue weighted by Crippen LogP contribution is -2.28. The molecule has 196 valence electrons. The molecule has 1 aliphatic heterocycles. The van der Waals surface area contributed by atoms with Crippen LogP contribution in [0.15, 0.2) is 71.9 Å². The van der Waals surface area contributed by atoms with Crippen molar-refractivity contribution in [1.29, 1.82) is 0 Å². The highest BCUT2D eigenvalue weighted by Gasteiger charge is 2.14. The minimum absolute atomic E-state index is 0. The predicted molar refractivity (Wildman–Crippen MR) is 153 cm³/mol. The number of halogens is 1. The van der Waals surface area contributed by atoms with Crippen molar-refractivity contribution >= 4 is 41.2 Å². The van der Waals surface area contributed by atoms with Gasteiger partial charge in [-0.05, 0) is 80.5 Å². The highest BCUT2D eigenvalue weighted by Crippen LogP contribution is 2.22. The number of rotatable bonds is 7. The molecule has 3 aromatic carbocycles. The minimum Gasteiger partial charge on any atom is -0.409 e. The Balaban J connectivity index is 0.00000380. The molecule has 3 aromatic rings. The molecule has 8 nitrogen and oxygen atoms in total. The molecule has 0 radical (unpaired) electrons. The van der Waals surface area contributed by atoms with Crippen LogP contribution in [0, 0.1) is 6.92 Å². The van der Waals surface area contributed by atoms with Crippen molar-refractivity contribution < 1.29 is 10.0 Å². The van der Waals surface area contributed by atoms with Crippen molar-refractivity contribution in [2.45, 2.75) is 19.9 Å². The zero-order chi connectivity index (χ0) is 25.5. The fraction of sp³-hybridized carbons (Fsp3) is 0.286. The minimum atomic E-state index is -0.141. The second-order valence-electron chi connectivity index (χ2n) is 9.23. The standard InChI is InChI=1S/C28H34N6O2.ClH/c1-20-7-8-23(19-30-24-6-3-5-22(18-24)27(29)32-36)26(17-20)31-28(35)21-9-11-25(12-10-21)34-14-4-13-33(2)15-16-34;/h3,5-12,17-18,30,36H,4,13-16,19H2,1-2H3,(H2,29,32)(H,31,35);1H. The fourth-order valence-corrected chi connectivity index (χ4v) is 4.33. The Hall–Kier alpha value is -3.75. The van der Waals surface area contributed by atoms with Gasteiger partial charge in [0.15, 0.2) is 5.84 Å². The number of aryl methyl sites for hydroxylation is 1. The third-order valence-electron chi connectivity index (χ3n) is 6.48. The van der Waals surface area contributed by atoms with E-state index in [1.165, 1.54) is 0 Å². The SMILES string of the molecule is Cc1ccc(CNc2cccc(/C(N)=N/O)c2)c(NC(=O)c2ccc(N3CCCN(C)CC3)cc2)c1.Cl. The number of likely N-dealkylation sites (N-methyl/N-ethyl adjacent to an activating group) is 1. The van der Waals surface area contributed by atoms with E-state index in [-0.39, 0.29) is 24.1 Å². The number of amidine groups is 1. The van der Waals surface area contributed by atoms with Gasteiger partial charge in [-0.2, -0.15) is 0 Å². The number of oxime groups is 1. The first-order valence-electron chi connectivity index (χ1n) is 12.2. The molecule has 0 spiro atoms. The molecule has 5 N–H and O–H groups in total. The molecular weight excluding hydrogens is 488 g/mol. The highest BCUT2D eigenvalue weighted by molar-refractivity contribution is 6.05. The Morgan fingerprint density at radius 3 is 2.54 bits per heavy atom. The Kier molecular flexibility index (Phi) is 9.77. The summed E-state index contributed by atoms with van der Waals surface area (Å²) in [5, 5.41) is 18.4. The molecular formula is C28H35ClN6O2. The average molecular weight is 523 g/mol. The second kappa shape index (κ2) is 13.0. The summed E-state index contributed by atoms with van der Waals surface area (Å²) in [6.07, 6.45) is 1.13. The van der Waals surface area contributed by atoms with Crippen molar-refractivity contribution in [2.75, 3.05) is 48.8 Å². The fourth-order valence-electron chi connectivity index (χ4n) is 4.33. The lowest BCUT2D eigenvalue weighted by molar-refractivity contribution is 0.102. The molecule has 37 heavy (non-hydrogen) atoms. The van der Waals surface area contributed by atoms with Crippen LogP contribution in [-0.4, -0.2) is 55.1 Å². The summed E-state index contributed by atoms with van der Waals surface area (Å²) in [4.78, 5) is 17.8. The number of carbonyl (C=O) groups is 1. The van der Waals surface area contributed by atoms with Crippen LogP contribution in [0.1, 0.15) is 33.5 Å². The van der Waals surface area contributed by atoms with E-state index in [1.54, 1.807) is 6.07 Å². The number of hydrogen-bond donors (Lipinski definition) is 4. The monoisotopic (exact) mass is 522 g/mol. The van der Waals surface area contributed by atoms with Crippen LogP contribution in [0.3, 0.4) is 0 Å². The van der Waals surface area contributed by atoms with Crippen LogP contribution < -0.4 is 21.3 Å². The molecule has 0 aromatic heterocycles. The summed E-state index contributed by atoms with van der Waals surface area (Å²) in [6.45, 7) is 6.67. The van der Waals surface area contributed by atoms with E-state index in [4.69, 9.17) is 10.9 Å². The van der Waals surface area contributed by atoms with Crippen LogP contribution in [0.2, 0.25) is 0 Å². The maximum absolute atomic E-state index is 13.1. The summed E-state index contributed by atoms with van der Waals surface area (Å²) >= 11 is 0. The predicted octanol–water partition coefficient (Wildman–Crippen LogP) is 4.52. The molecule has 1 saturated heterocycles. The number of amides is 1. The Labute approximate surface area is 224 Å². The largest absolute Gasteiger partial charge is 0.409 e. The van der Waals surface area contributed by atoms with Crippen LogP contribution in [-0.2, 0) is 6.54 Å². The van der Waals surface area contributed by atoms with Gasteiger partial charge >= 0.3 is 0 Å². The van der Waals surface area contributed by atoms with Crippen molar-refractivity contribution in [3.63, 3.8) is 0 Å². The van der Waals surface area contributed by atoms with Crippen LogP contribution >= 0.6 is 12.4 Å². The molecule has 0 unspecified atom stereocenters. The molecule has 9 heteroatoms. The first-order chi connectivity index (χ1) is 17.4. The smallest absolute Gasteiger partial charge is 0.255 e. The van der Waals surface area contributed by atoms with Gasteiger partial charge in [0.25, 0.3) is 5.91 Å². The molecule has 4 rings (SSSR count). The quantitative estimate of drug-likeness (QED) is 0.157. The molecule has 1 heterocycles. The van der Waals surface area contributed by atoms with E-state index in [2.05, 4.69) is 32.6 Å². The third kappa shape index (κ3) is 7.38. The number of nitrogens with two attached hydrogens (primary N) is 1. The van der Waals surface area contributed by atoms with Crippen molar-refractivity contribution in [3.8, 4) is 0 Å². The lowest BCUT2D eigenvalue weighted by Gasteiger charge is -2.23. The van der Waals surface area contributed by atoms with E-state index in [9.17, 15) is 4.79 Å². The number of benzene rings is 3. The number of hydrogen-bond acceptors (Lipinski definition) is 6. The van der Waals surface area contributed by atoms with Crippen molar-refractivity contribution in [3.05, 3.63) is 89.0 Å². The van der Waals surface area contributed by atoms with E-state index < -0.39 is 0 Å². The zero-order valence-electron chi connectivity index (χ0n) is 21.3. The van der Waals surface area contributed by atoms with E-state index in [0.717, 1.165) is 60.8 Å². The maximum atomic E-state index is 13.1. The Morgan fingerprint density at radius 2 is 1.78 bits per heavy atom. The van der Waals surface area contributed by atoms with Crippen LogP contribution in [0.25, 0.3) is 0 Å². The third-order valence-corrected chi connectivity index (χ3v) is 6.48. The van der Waals surface area contributed by atoms with Gasteiger partial charge in [0.2, 0.25) is 0 Å². The molecule has 0 atom stereocenters. The average Bonchev–Trinajstić information content (AvgIpc) is 3.12. The van der Waals surface area contributed by atoms with Gasteiger partial charge in [-0.15, -0.1) is 12.4 Å². The highest BCUT2D eigenvalue weighted by atomic mass is 35.5. The van der Waals surface area contributed by atoms with Gasteiger partial charge < -0.3 is 31.4 Å². The summed E-state index contributed by atoms with van der Waals surface area (Å²) in [5.74, 6) is -0.0888. The van der Waals surface area contributed by atoms with Gasteiger partial charge in [0, 0.05) is 54.4 Å². The second-order valence-corrected chi connectivity index (χ2v) is 9.23. The molecule has 0 saturated carbocycles. The first kappa shape index (κ1) is 27.8. The van der Waals surface area contributed by atoms with E-state index >= 15 is 0 Å². The molecule has 0 aliphatic carbocycles. The van der Waals surface area contributed by atoms with Crippen molar-refractivity contribution in [1.82, 2.24) is 4.90 Å². The first-order valence-corrected chi connectivity index (χ1v) is 12.2. The number of nitrogens with zero attached hydrogens (tertiary/aromatic N) is 3. The summed E-state index contributed by atoms with van der Waals surface area (Å²) < 4.78 is 0. The van der Waals surface area contributed by atoms with E-state index in [0.29, 0.717) is 17.7 Å². The van der Waals surface area contributed by atoms with Crippen LogP contribution in [0.4, 0.5) is 17.1 Å². The number of anilines is 3. The Morgan fingerprint density at radius 1 is 1.00 bits per heavy atom. The van der Waals surface area contributed by atoms with Gasteiger partial charge in [-0.3, -0.25) is 4.79 Å². The van der Waals surface area contributed by atoms with E-state index in [1.807, 2.05) is 67.6 Å². The Bertz CT molecular complexity index is 1230. The summed E-state index contributed by atoms with van der Waals surface area (Å²) in [6, 6.07) is 21.2. The zero-order valence-corrected chi connectivity index (χ0v) is 22.1. The maximum Gasteiger partial charge on any atom is 0.255 e. The topological polar surface area (TPSA) is 106 Å². The van der Waals surface area contributed by atoms with Gasteiger partial charge in [0.1, 0.15) is 0 Å². The van der Waals surface area contributed by atoms with Crippen molar-refractivity contribution in [2.24, 2.45) is 10.9 Å². The molecule has 0 bridgehead atoms. The van der Waals surface area contributed by atoms with Crippen LogP contribution in [0.5, 0.6) is 0 Å².